The summed E-state index contributed by atoms with van der Waals surface area (Å²) in [5.74, 6) is 0.931. The number of nitrogens with zero attached hydrogens (tertiary/aromatic N) is 1. The molecule has 0 saturated heterocycles. The van der Waals surface area contributed by atoms with Crippen molar-refractivity contribution in [2.75, 3.05) is 5.32 Å². The fourth-order valence-corrected chi connectivity index (χ4v) is 4.99. The van der Waals surface area contributed by atoms with Gasteiger partial charge in [0.15, 0.2) is 0 Å². The summed E-state index contributed by atoms with van der Waals surface area (Å²) in [7, 11) is 0. The summed E-state index contributed by atoms with van der Waals surface area (Å²) in [6.45, 7) is 0. The van der Waals surface area contributed by atoms with E-state index in [-0.39, 0.29) is 28.9 Å². The SMILES string of the molecule is O=C(Nc1ccc(-n2ccc(=O)[nH]2)cc1)[C@]12C[C@@H]3C[C@@H]1C2[C@H]3O. The van der Waals surface area contributed by atoms with E-state index in [9.17, 15) is 14.7 Å². The number of nitrogens with one attached hydrogen (secondary N) is 2. The highest BCUT2D eigenvalue weighted by Crippen LogP contribution is 2.79. The molecule has 1 amide bonds. The van der Waals surface area contributed by atoms with E-state index in [2.05, 4.69) is 10.4 Å². The van der Waals surface area contributed by atoms with Crippen LogP contribution in [0.15, 0.2) is 41.3 Å². The normalized spacial score (nSPS) is 36.2. The number of rotatable bonds is 3. The molecule has 5 atom stereocenters. The lowest BCUT2D eigenvalue weighted by molar-refractivity contribution is -0.121. The van der Waals surface area contributed by atoms with Gasteiger partial charge in [0.25, 0.3) is 5.56 Å². The van der Waals surface area contributed by atoms with E-state index in [0.29, 0.717) is 11.8 Å². The fourth-order valence-electron chi connectivity index (χ4n) is 4.99. The van der Waals surface area contributed by atoms with E-state index in [1.54, 1.807) is 10.9 Å². The molecule has 6 heteroatoms. The van der Waals surface area contributed by atoms with Gasteiger partial charge in [0.2, 0.25) is 5.91 Å². The zero-order valence-electron chi connectivity index (χ0n) is 12.4. The molecule has 1 aromatic heterocycles. The molecule has 6 nitrogen and oxygen atoms in total. The van der Waals surface area contributed by atoms with Gasteiger partial charge in [0.1, 0.15) is 0 Å². The highest BCUT2D eigenvalue weighted by atomic mass is 16.3. The molecule has 0 spiro atoms. The predicted molar refractivity (Wildman–Crippen MR) is 83.2 cm³/mol. The van der Waals surface area contributed by atoms with E-state index in [4.69, 9.17) is 0 Å². The van der Waals surface area contributed by atoms with Crippen LogP contribution in [0.5, 0.6) is 0 Å². The standard InChI is InChI=1S/C17H17N3O3/c21-13-5-6-20(19-13)11-3-1-10(2-4-11)18-16(23)17-8-9-7-12(17)14(17)15(9)22/h1-6,9,12,14-15,22H,7-8H2,(H,18,23)(H,19,21)/t9-,12+,14?,15-,17+/m0/s1. The zero-order chi connectivity index (χ0) is 15.8. The van der Waals surface area contributed by atoms with Crippen LogP contribution in [-0.4, -0.2) is 26.9 Å². The maximum absolute atomic E-state index is 12.6. The van der Waals surface area contributed by atoms with Crippen molar-refractivity contribution in [3.05, 3.63) is 46.9 Å². The Hall–Kier alpha value is -2.34. The third kappa shape index (κ3) is 1.61. The first-order valence-corrected chi connectivity index (χ1v) is 7.97. The first kappa shape index (κ1) is 13.1. The molecule has 3 N–H and O–H groups in total. The zero-order valence-corrected chi connectivity index (χ0v) is 12.4. The second kappa shape index (κ2) is 4.14. The summed E-state index contributed by atoms with van der Waals surface area (Å²) in [4.78, 5) is 23.8. The lowest BCUT2D eigenvalue weighted by Crippen LogP contribution is -2.25. The third-order valence-electron chi connectivity index (χ3n) is 6.02. The predicted octanol–water partition coefficient (Wildman–Crippen LogP) is 1.12. The second-order valence-electron chi connectivity index (χ2n) is 7.03. The van der Waals surface area contributed by atoms with Gasteiger partial charge in [-0.3, -0.25) is 19.4 Å². The number of aliphatic hydroxyl groups excluding tert-OH is 1. The molecule has 1 heterocycles. The van der Waals surface area contributed by atoms with Crippen molar-refractivity contribution in [1.82, 2.24) is 9.78 Å². The molecule has 0 radical (unpaired) electrons. The number of anilines is 1. The summed E-state index contributed by atoms with van der Waals surface area (Å²) in [6, 6.07) is 8.80. The number of hydrogen-bond donors (Lipinski definition) is 3. The van der Waals surface area contributed by atoms with Gasteiger partial charge in [-0.2, -0.15) is 0 Å². The average molecular weight is 311 g/mol. The molecule has 6 rings (SSSR count). The molecule has 1 aromatic carbocycles. The van der Waals surface area contributed by atoms with Crippen LogP contribution in [0.4, 0.5) is 5.69 Å². The third-order valence-corrected chi connectivity index (χ3v) is 6.02. The molecule has 4 saturated carbocycles. The molecular weight excluding hydrogens is 294 g/mol. The monoisotopic (exact) mass is 311 g/mol. The molecule has 0 aliphatic heterocycles. The minimum absolute atomic E-state index is 0.0497. The first-order valence-electron chi connectivity index (χ1n) is 7.97. The Morgan fingerprint density at radius 3 is 2.61 bits per heavy atom. The quantitative estimate of drug-likeness (QED) is 0.794. The Morgan fingerprint density at radius 1 is 1.30 bits per heavy atom. The largest absolute Gasteiger partial charge is 0.393 e. The Morgan fingerprint density at radius 2 is 2.09 bits per heavy atom. The van der Waals surface area contributed by atoms with E-state index in [1.807, 2.05) is 24.3 Å². The minimum Gasteiger partial charge on any atom is -0.393 e. The molecule has 4 aliphatic rings. The van der Waals surface area contributed by atoms with Gasteiger partial charge in [0, 0.05) is 23.9 Å². The minimum atomic E-state index is -0.311. The number of benzene rings is 1. The lowest BCUT2D eigenvalue weighted by Gasteiger charge is -2.12. The molecule has 4 aliphatic carbocycles. The molecule has 4 bridgehead atoms. The number of carbonyl (C=O) groups is 1. The van der Waals surface area contributed by atoms with E-state index in [1.165, 1.54) is 6.07 Å². The van der Waals surface area contributed by atoms with Crippen molar-refractivity contribution in [1.29, 1.82) is 0 Å². The molecular formula is C17H17N3O3. The number of hydrogen-bond acceptors (Lipinski definition) is 3. The summed E-state index contributed by atoms with van der Waals surface area (Å²) in [5.41, 5.74) is 1.10. The second-order valence-corrected chi connectivity index (χ2v) is 7.03. The van der Waals surface area contributed by atoms with Gasteiger partial charge in [-0.05, 0) is 48.9 Å². The molecule has 4 fully saturated rings. The number of amides is 1. The van der Waals surface area contributed by atoms with Crippen molar-refractivity contribution >= 4 is 11.6 Å². The summed E-state index contributed by atoms with van der Waals surface area (Å²) < 4.78 is 1.63. The number of carbonyl (C=O) groups excluding carboxylic acids is 1. The van der Waals surface area contributed by atoms with E-state index in [0.717, 1.165) is 24.2 Å². The van der Waals surface area contributed by atoms with Crippen molar-refractivity contribution in [2.24, 2.45) is 23.2 Å². The van der Waals surface area contributed by atoms with Crippen LogP contribution in [0, 0.1) is 23.2 Å². The van der Waals surface area contributed by atoms with Crippen LogP contribution in [0.3, 0.4) is 0 Å². The van der Waals surface area contributed by atoms with Crippen LogP contribution in [0.1, 0.15) is 12.8 Å². The Labute approximate surface area is 132 Å². The highest BCUT2D eigenvalue weighted by molar-refractivity contribution is 5.99. The van der Waals surface area contributed by atoms with Crippen molar-refractivity contribution in [3.63, 3.8) is 0 Å². The number of aliphatic hydroxyl groups is 1. The topological polar surface area (TPSA) is 87.1 Å². The van der Waals surface area contributed by atoms with Crippen LogP contribution in [-0.2, 0) is 4.79 Å². The summed E-state index contributed by atoms with van der Waals surface area (Å²) >= 11 is 0. The molecule has 2 aromatic rings. The number of H-pyrrole nitrogens is 1. The summed E-state index contributed by atoms with van der Waals surface area (Å²) in [6.07, 6.45) is 3.22. The Balaban J connectivity index is 1.34. The Bertz CT molecular complexity index is 852. The Kier molecular flexibility index (Phi) is 2.36. The molecule has 1 unspecified atom stereocenters. The van der Waals surface area contributed by atoms with Crippen molar-refractivity contribution < 1.29 is 9.90 Å². The number of aromatic amines is 1. The molecule has 118 valence electrons. The van der Waals surface area contributed by atoms with Gasteiger partial charge >= 0.3 is 0 Å². The fraction of sp³-hybridized carbons (Fsp3) is 0.412. The van der Waals surface area contributed by atoms with Gasteiger partial charge in [-0.25, -0.2) is 0 Å². The number of aromatic nitrogens is 2. The highest BCUT2D eigenvalue weighted by Gasteiger charge is 2.81. The molecule has 23 heavy (non-hydrogen) atoms. The first-order chi connectivity index (χ1) is 11.1. The van der Waals surface area contributed by atoms with Crippen LogP contribution in [0.2, 0.25) is 0 Å². The van der Waals surface area contributed by atoms with Crippen LogP contribution >= 0.6 is 0 Å². The van der Waals surface area contributed by atoms with Gasteiger partial charge in [-0.1, -0.05) is 0 Å². The maximum atomic E-state index is 12.6. The summed E-state index contributed by atoms with van der Waals surface area (Å²) in [5, 5.41) is 15.8. The lowest BCUT2D eigenvalue weighted by atomic mass is 10.0. The van der Waals surface area contributed by atoms with Crippen molar-refractivity contribution in [3.8, 4) is 5.69 Å². The van der Waals surface area contributed by atoms with Gasteiger partial charge in [-0.15, -0.1) is 0 Å². The van der Waals surface area contributed by atoms with Crippen LogP contribution in [0.25, 0.3) is 5.69 Å². The van der Waals surface area contributed by atoms with E-state index < -0.39 is 0 Å². The maximum Gasteiger partial charge on any atom is 0.264 e. The average Bonchev–Trinajstić information content (AvgIpc) is 3.01. The van der Waals surface area contributed by atoms with Crippen LogP contribution < -0.4 is 10.9 Å². The smallest absolute Gasteiger partial charge is 0.264 e. The van der Waals surface area contributed by atoms with Crippen molar-refractivity contribution in [2.45, 2.75) is 18.9 Å². The van der Waals surface area contributed by atoms with E-state index >= 15 is 0 Å². The van der Waals surface area contributed by atoms with Gasteiger partial charge in [0.05, 0.1) is 17.2 Å². The van der Waals surface area contributed by atoms with Gasteiger partial charge < -0.3 is 10.4 Å².